The van der Waals surface area contributed by atoms with Gasteiger partial charge in [0.25, 0.3) is 5.91 Å². The van der Waals surface area contributed by atoms with Gasteiger partial charge in [0.05, 0.1) is 12.1 Å². The summed E-state index contributed by atoms with van der Waals surface area (Å²) in [6.45, 7) is 0.360. The minimum Gasteiger partial charge on any atom is -0.492 e. The van der Waals surface area contributed by atoms with E-state index in [9.17, 15) is 22.4 Å². The maximum atomic E-state index is 12.7. The fraction of sp³-hybridized carbons (Fsp3) is 0.250. The molecule has 24 heavy (non-hydrogen) atoms. The van der Waals surface area contributed by atoms with Crippen LogP contribution in [-0.4, -0.2) is 36.0 Å². The number of alkyl halides is 3. The van der Waals surface area contributed by atoms with Gasteiger partial charge in [-0.3, -0.25) is 9.78 Å². The molecular weight excluding hydrogens is 328 g/mol. The maximum Gasteiger partial charge on any atom is 0.433 e. The third-order valence-electron chi connectivity index (χ3n) is 3.16. The first-order valence-corrected chi connectivity index (χ1v) is 6.94. The zero-order valence-electron chi connectivity index (χ0n) is 12.7. The predicted molar refractivity (Wildman–Crippen MR) is 78.1 cm³/mol. The summed E-state index contributed by atoms with van der Waals surface area (Å²) in [7, 11) is 1.49. The average molecular weight is 342 g/mol. The lowest BCUT2D eigenvalue weighted by atomic mass is 10.2. The first kappa shape index (κ1) is 17.7. The fourth-order valence-electron chi connectivity index (χ4n) is 1.84. The van der Waals surface area contributed by atoms with Gasteiger partial charge in [-0.1, -0.05) is 0 Å². The summed E-state index contributed by atoms with van der Waals surface area (Å²) in [6, 6.07) is 7.25. The molecule has 128 valence electrons. The summed E-state index contributed by atoms with van der Waals surface area (Å²) in [5, 5.41) is 0. The van der Waals surface area contributed by atoms with E-state index in [1.807, 2.05) is 0 Å². The van der Waals surface area contributed by atoms with E-state index in [4.69, 9.17) is 4.74 Å². The molecular formula is C16H14F4N2O2. The topological polar surface area (TPSA) is 42.4 Å². The van der Waals surface area contributed by atoms with Gasteiger partial charge < -0.3 is 9.64 Å². The molecule has 2 aromatic rings. The SMILES string of the molecule is CN(CCOc1ccc(F)cc1)C(=O)c1ccc(C(F)(F)F)nc1. The Morgan fingerprint density at radius 2 is 1.83 bits per heavy atom. The number of ether oxygens (including phenoxy) is 1. The standard InChI is InChI=1S/C16H14F4N2O2/c1-22(8-9-24-13-5-3-12(17)4-6-13)15(23)11-2-7-14(21-10-11)16(18,19)20/h2-7,10H,8-9H2,1H3. The van der Waals surface area contributed by atoms with E-state index in [0.29, 0.717) is 5.75 Å². The lowest BCUT2D eigenvalue weighted by molar-refractivity contribution is -0.141. The Morgan fingerprint density at radius 3 is 2.38 bits per heavy atom. The molecule has 4 nitrogen and oxygen atoms in total. The maximum absolute atomic E-state index is 12.7. The zero-order chi connectivity index (χ0) is 17.7. The predicted octanol–water partition coefficient (Wildman–Crippen LogP) is 3.39. The van der Waals surface area contributed by atoms with Gasteiger partial charge in [0.2, 0.25) is 0 Å². The van der Waals surface area contributed by atoms with Gasteiger partial charge in [-0.05, 0) is 36.4 Å². The number of hydrogen-bond acceptors (Lipinski definition) is 3. The normalized spacial score (nSPS) is 11.2. The zero-order valence-corrected chi connectivity index (χ0v) is 12.7. The Labute approximate surface area is 135 Å². The second kappa shape index (κ2) is 7.29. The molecule has 0 aliphatic carbocycles. The number of amides is 1. The van der Waals surface area contributed by atoms with Gasteiger partial charge in [0, 0.05) is 13.2 Å². The number of rotatable bonds is 5. The smallest absolute Gasteiger partial charge is 0.433 e. The molecule has 0 bridgehead atoms. The highest BCUT2D eigenvalue weighted by atomic mass is 19.4. The minimum absolute atomic E-state index is 0.0484. The van der Waals surface area contributed by atoms with Gasteiger partial charge in [0.15, 0.2) is 0 Å². The molecule has 1 aromatic carbocycles. The number of carbonyl (C=O) groups is 1. The van der Waals surface area contributed by atoms with Crippen LogP contribution >= 0.6 is 0 Å². The van der Waals surface area contributed by atoms with Crippen molar-refractivity contribution in [2.45, 2.75) is 6.18 Å². The summed E-state index contributed by atoms with van der Waals surface area (Å²) in [5.41, 5.74) is -1.01. The molecule has 0 aliphatic heterocycles. The van der Waals surface area contributed by atoms with Crippen molar-refractivity contribution in [1.29, 1.82) is 0 Å². The molecule has 0 saturated heterocycles. The largest absolute Gasteiger partial charge is 0.492 e. The van der Waals surface area contributed by atoms with Crippen molar-refractivity contribution in [2.24, 2.45) is 0 Å². The highest BCUT2D eigenvalue weighted by Crippen LogP contribution is 2.27. The van der Waals surface area contributed by atoms with E-state index >= 15 is 0 Å². The van der Waals surface area contributed by atoms with Crippen LogP contribution in [0.25, 0.3) is 0 Å². The number of pyridine rings is 1. The van der Waals surface area contributed by atoms with Crippen molar-refractivity contribution < 1.29 is 27.1 Å². The fourth-order valence-corrected chi connectivity index (χ4v) is 1.84. The molecule has 0 spiro atoms. The minimum atomic E-state index is -4.55. The van der Waals surface area contributed by atoms with Crippen molar-refractivity contribution in [3.05, 3.63) is 59.7 Å². The number of benzene rings is 1. The van der Waals surface area contributed by atoms with Crippen molar-refractivity contribution in [2.75, 3.05) is 20.2 Å². The molecule has 1 amide bonds. The number of halogens is 4. The number of hydrogen-bond donors (Lipinski definition) is 0. The molecule has 1 aromatic heterocycles. The van der Waals surface area contributed by atoms with Crippen LogP contribution in [0.3, 0.4) is 0 Å². The molecule has 0 radical (unpaired) electrons. The summed E-state index contributed by atoms with van der Waals surface area (Å²) in [6.07, 6.45) is -3.65. The van der Waals surface area contributed by atoms with Crippen LogP contribution in [-0.2, 0) is 6.18 Å². The Kier molecular flexibility index (Phi) is 5.38. The van der Waals surface area contributed by atoms with Crippen molar-refractivity contribution in [3.8, 4) is 5.75 Å². The molecule has 2 rings (SSSR count). The molecule has 0 aliphatic rings. The molecule has 1 heterocycles. The van der Waals surface area contributed by atoms with Gasteiger partial charge >= 0.3 is 6.18 Å². The van der Waals surface area contributed by atoms with Crippen molar-refractivity contribution >= 4 is 5.91 Å². The van der Waals surface area contributed by atoms with E-state index in [1.54, 1.807) is 0 Å². The highest BCUT2D eigenvalue weighted by Gasteiger charge is 2.32. The van der Waals surface area contributed by atoms with Gasteiger partial charge in [0.1, 0.15) is 23.9 Å². The first-order valence-electron chi connectivity index (χ1n) is 6.94. The van der Waals surface area contributed by atoms with Crippen LogP contribution in [0.1, 0.15) is 16.1 Å². The van der Waals surface area contributed by atoms with Crippen LogP contribution in [0, 0.1) is 5.82 Å². The summed E-state index contributed by atoms with van der Waals surface area (Å²) < 4.78 is 55.4. The number of aromatic nitrogens is 1. The highest BCUT2D eigenvalue weighted by molar-refractivity contribution is 5.93. The summed E-state index contributed by atoms with van der Waals surface area (Å²) >= 11 is 0. The monoisotopic (exact) mass is 342 g/mol. The number of carbonyl (C=O) groups excluding carboxylic acids is 1. The average Bonchev–Trinajstić information content (AvgIpc) is 2.55. The quantitative estimate of drug-likeness (QED) is 0.782. The van der Waals surface area contributed by atoms with Crippen molar-refractivity contribution in [1.82, 2.24) is 9.88 Å². The van der Waals surface area contributed by atoms with Crippen LogP contribution in [0.5, 0.6) is 5.75 Å². The van der Waals surface area contributed by atoms with Crippen LogP contribution in [0.4, 0.5) is 17.6 Å². The van der Waals surface area contributed by atoms with E-state index < -0.39 is 17.8 Å². The van der Waals surface area contributed by atoms with E-state index in [1.165, 1.54) is 36.2 Å². The van der Waals surface area contributed by atoms with Crippen LogP contribution in [0.2, 0.25) is 0 Å². The third kappa shape index (κ3) is 4.68. The molecule has 0 saturated carbocycles. The number of likely N-dealkylation sites (N-methyl/N-ethyl adjacent to an activating group) is 1. The third-order valence-corrected chi connectivity index (χ3v) is 3.16. The molecule has 0 unspecified atom stereocenters. The lowest BCUT2D eigenvalue weighted by Gasteiger charge is -2.17. The van der Waals surface area contributed by atoms with Gasteiger partial charge in [-0.15, -0.1) is 0 Å². The Morgan fingerprint density at radius 1 is 1.17 bits per heavy atom. The summed E-state index contributed by atoms with van der Waals surface area (Å²) in [4.78, 5) is 16.6. The first-order chi connectivity index (χ1) is 11.3. The Bertz CT molecular complexity index is 685. The molecule has 0 N–H and O–H groups in total. The van der Waals surface area contributed by atoms with E-state index in [-0.39, 0.29) is 24.5 Å². The van der Waals surface area contributed by atoms with Crippen molar-refractivity contribution in [3.63, 3.8) is 0 Å². The molecule has 0 fully saturated rings. The van der Waals surface area contributed by atoms with Gasteiger partial charge in [-0.2, -0.15) is 13.2 Å². The van der Waals surface area contributed by atoms with Crippen LogP contribution < -0.4 is 4.74 Å². The van der Waals surface area contributed by atoms with E-state index in [2.05, 4.69) is 4.98 Å². The Hall–Kier alpha value is -2.64. The van der Waals surface area contributed by atoms with Crippen LogP contribution in [0.15, 0.2) is 42.6 Å². The second-order valence-electron chi connectivity index (χ2n) is 4.96. The van der Waals surface area contributed by atoms with Gasteiger partial charge in [-0.25, -0.2) is 4.39 Å². The lowest BCUT2D eigenvalue weighted by Crippen LogP contribution is -2.31. The number of nitrogens with zero attached hydrogens (tertiary/aromatic N) is 2. The molecule has 0 atom stereocenters. The molecule has 8 heteroatoms. The van der Waals surface area contributed by atoms with E-state index in [0.717, 1.165) is 18.3 Å². The Balaban J connectivity index is 1.88. The second-order valence-corrected chi connectivity index (χ2v) is 4.96. The summed E-state index contributed by atoms with van der Waals surface area (Å²) in [5.74, 6) is -0.406.